The molecule has 0 aliphatic rings. The minimum absolute atomic E-state index is 0.0694. The van der Waals surface area contributed by atoms with E-state index in [1.54, 1.807) is 34.6 Å². The Labute approximate surface area is 139 Å². The van der Waals surface area contributed by atoms with Crippen molar-refractivity contribution in [3.8, 4) is 0 Å². The van der Waals surface area contributed by atoms with E-state index in [1.165, 1.54) is 6.92 Å². The smallest absolute Gasteiger partial charge is 0.285 e. The van der Waals surface area contributed by atoms with Crippen LogP contribution < -0.4 is 0 Å². The lowest BCUT2D eigenvalue weighted by atomic mass is 10.2. The summed E-state index contributed by atoms with van der Waals surface area (Å²) in [6.45, 7) is 11.8. The minimum atomic E-state index is -2.01. The van der Waals surface area contributed by atoms with Gasteiger partial charge in [0.15, 0.2) is 5.79 Å². The monoisotopic (exact) mass is 338 g/mol. The maximum Gasteiger partial charge on any atom is 0.285 e. The normalized spacial score (nSPS) is 22.7. The Morgan fingerprint density at radius 2 is 1.52 bits per heavy atom. The van der Waals surface area contributed by atoms with Crippen molar-refractivity contribution in [3.63, 3.8) is 0 Å². The molecule has 0 radical (unpaired) electrons. The number of ether oxygens (including phenoxy) is 2. The fourth-order valence-electron chi connectivity index (χ4n) is 1.59. The molecule has 0 heterocycles. The highest BCUT2D eigenvalue weighted by Crippen LogP contribution is 2.28. The van der Waals surface area contributed by atoms with E-state index < -0.39 is 30.1 Å². The van der Waals surface area contributed by atoms with E-state index in [-0.39, 0.29) is 18.9 Å². The molecule has 0 aromatic rings. The molecular weight excluding hydrogens is 304 g/mol. The molecule has 7 heteroatoms. The van der Waals surface area contributed by atoms with E-state index in [4.69, 9.17) is 19.2 Å². The summed E-state index contributed by atoms with van der Waals surface area (Å²) in [6.07, 6.45) is -1.17. The van der Waals surface area contributed by atoms with Gasteiger partial charge in [0, 0.05) is 0 Å². The van der Waals surface area contributed by atoms with E-state index in [2.05, 4.69) is 0 Å². The van der Waals surface area contributed by atoms with Crippen LogP contribution in [0.15, 0.2) is 0 Å². The molecule has 0 spiro atoms. The Hall–Kier alpha value is -0.280. The van der Waals surface area contributed by atoms with E-state index in [0.717, 1.165) is 0 Å². The van der Waals surface area contributed by atoms with E-state index in [1.807, 2.05) is 6.92 Å². The zero-order valence-electron chi connectivity index (χ0n) is 15.4. The second kappa shape index (κ2) is 9.88. The predicted molar refractivity (Wildman–Crippen MR) is 85.2 cm³/mol. The molecule has 0 aromatic heterocycles. The molecule has 0 rings (SSSR count). The van der Waals surface area contributed by atoms with Crippen LogP contribution in [-0.2, 0) is 19.2 Å². The summed E-state index contributed by atoms with van der Waals surface area (Å²) < 4.78 is 10.9. The first kappa shape index (κ1) is 22.7. The third-order valence-corrected chi connectivity index (χ3v) is 3.59. The van der Waals surface area contributed by atoms with Crippen LogP contribution in [0, 0.1) is 0 Å². The summed E-state index contributed by atoms with van der Waals surface area (Å²) >= 11 is 0. The van der Waals surface area contributed by atoms with Gasteiger partial charge in [0.25, 0.3) is 5.97 Å². The van der Waals surface area contributed by atoms with E-state index >= 15 is 0 Å². The first-order valence-corrected chi connectivity index (χ1v) is 8.27. The molecule has 6 atom stereocenters. The van der Waals surface area contributed by atoms with Gasteiger partial charge in [-0.25, -0.2) is 9.78 Å². The Balaban J connectivity index is 4.79. The van der Waals surface area contributed by atoms with Gasteiger partial charge in [0.05, 0.1) is 24.7 Å². The van der Waals surface area contributed by atoms with E-state index in [9.17, 15) is 15.3 Å². The van der Waals surface area contributed by atoms with Crippen molar-refractivity contribution in [2.24, 2.45) is 0 Å². The number of aliphatic hydroxyl groups excluding tert-OH is 1. The van der Waals surface area contributed by atoms with Crippen molar-refractivity contribution in [2.75, 3.05) is 0 Å². The van der Waals surface area contributed by atoms with Crippen molar-refractivity contribution < 1.29 is 34.6 Å². The van der Waals surface area contributed by atoms with Crippen LogP contribution in [0.4, 0.5) is 0 Å². The minimum Gasteiger partial charge on any atom is -0.391 e. The van der Waals surface area contributed by atoms with Gasteiger partial charge in [-0.15, -0.1) is 0 Å². The maximum absolute atomic E-state index is 10.6. The molecule has 0 aliphatic heterocycles. The van der Waals surface area contributed by atoms with Crippen molar-refractivity contribution in [3.05, 3.63) is 0 Å². The Kier molecular flexibility index (Phi) is 9.76. The molecule has 3 N–H and O–H groups in total. The molecule has 0 aliphatic carbocycles. The van der Waals surface area contributed by atoms with Crippen molar-refractivity contribution in [1.29, 1.82) is 0 Å². The fraction of sp³-hybridized carbons (Fsp3) is 1.00. The third-order valence-electron chi connectivity index (χ3n) is 3.59. The van der Waals surface area contributed by atoms with Crippen LogP contribution in [0.1, 0.15) is 67.7 Å². The summed E-state index contributed by atoms with van der Waals surface area (Å²) in [5.74, 6) is -3.54. The third kappa shape index (κ3) is 9.56. The highest BCUT2D eigenvalue weighted by Gasteiger charge is 2.40. The molecular formula is C16H34O7. The largest absolute Gasteiger partial charge is 0.391 e. The predicted octanol–water partition coefficient (Wildman–Crippen LogP) is 2.08. The SMILES string of the molecule is CCC(C)OC(O)(CC(C)OOC(C)C(C)O)OC(C)(O)CC. The van der Waals surface area contributed by atoms with Crippen LogP contribution >= 0.6 is 0 Å². The number of aliphatic hydroxyl groups is 3. The zero-order valence-corrected chi connectivity index (χ0v) is 15.4. The molecule has 7 nitrogen and oxygen atoms in total. The van der Waals surface area contributed by atoms with Gasteiger partial charge in [-0.05, 0) is 47.5 Å². The average molecular weight is 338 g/mol. The zero-order chi connectivity index (χ0) is 18.3. The van der Waals surface area contributed by atoms with Crippen molar-refractivity contribution in [1.82, 2.24) is 0 Å². The molecule has 23 heavy (non-hydrogen) atoms. The van der Waals surface area contributed by atoms with Crippen LogP contribution in [-0.4, -0.2) is 51.5 Å². The first-order chi connectivity index (χ1) is 10.4. The average Bonchev–Trinajstić information content (AvgIpc) is 2.43. The van der Waals surface area contributed by atoms with Crippen LogP contribution in [0.3, 0.4) is 0 Å². The van der Waals surface area contributed by atoms with Gasteiger partial charge in [-0.1, -0.05) is 13.8 Å². The molecule has 0 saturated carbocycles. The van der Waals surface area contributed by atoms with Gasteiger partial charge in [0.1, 0.15) is 6.10 Å². The highest BCUT2D eigenvalue weighted by molar-refractivity contribution is 4.68. The van der Waals surface area contributed by atoms with E-state index in [0.29, 0.717) is 6.42 Å². The van der Waals surface area contributed by atoms with Crippen molar-refractivity contribution in [2.45, 2.75) is 104 Å². The van der Waals surface area contributed by atoms with Crippen molar-refractivity contribution >= 4 is 0 Å². The summed E-state index contributed by atoms with van der Waals surface area (Å²) in [5.41, 5.74) is 0. The molecule has 0 bridgehead atoms. The Morgan fingerprint density at radius 3 is 1.96 bits per heavy atom. The molecule has 0 fully saturated rings. The lowest BCUT2D eigenvalue weighted by Gasteiger charge is -2.37. The standard InChI is InChI=1S/C16H34O7/c1-8-11(3)20-16(19,23-15(7,18)9-2)10-12(4)21-22-14(6)13(5)17/h11-14,17-19H,8-10H2,1-7H3. The number of rotatable bonds is 12. The quantitative estimate of drug-likeness (QED) is 0.285. The molecule has 140 valence electrons. The lowest BCUT2D eigenvalue weighted by molar-refractivity contribution is -0.451. The lowest BCUT2D eigenvalue weighted by Crippen LogP contribution is -2.48. The highest BCUT2D eigenvalue weighted by atomic mass is 17.2. The molecule has 0 aromatic carbocycles. The Morgan fingerprint density at radius 1 is 0.957 bits per heavy atom. The fourth-order valence-corrected chi connectivity index (χ4v) is 1.59. The van der Waals surface area contributed by atoms with Crippen LogP contribution in [0.2, 0.25) is 0 Å². The second-order valence-corrected chi connectivity index (χ2v) is 6.33. The van der Waals surface area contributed by atoms with Crippen LogP contribution in [0.5, 0.6) is 0 Å². The number of hydrogen-bond acceptors (Lipinski definition) is 7. The second-order valence-electron chi connectivity index (χ2n) is 6.33. The molecule has 0 saturated heterocycles. The molecule has 0 amide bonds. The maximum atomic E-state index is 10.6. The van der Waals surface area contributed by atoms with Gasteiger partial charge < -0.3 is 20.1 Å². The summed E-state index contributed by atoms with van der Waals surface area (Å²) in [6, 6.07) is 0. The van der Waals surface area contributed by atoms with Gasteiger partial charge >= 0.3 is 0 Å². The summed E-state index contributed by atoms with van der Waals surface area (Å²) in [5, 5.41) is 30.1. The summed E-state index contributed by atoms with van der Waals surface area (Å²) in [4.78, 5) is 10.2. The van der Waals surface area contributed by atoms with Crippen LogP contribution in [0.25, 0.3) is 0 Å². The topological polar surface area (TPSA) is 97.6 Å². The Bertz CT molecular complexity index is 322. The first-order valence-electron chi connectivity index (χ1n) is 8.27. The van der Waals surface area contributed by atoms with Gasteiger partial charge in [-0.3, -0.25) is 4.74 Å². The molecule has 6 unspecified atom stereocenters. The van der Waals surface area contributed by atoms with Gasteiger partial charge in [-0.2, -0.15) is 0 Å². The summed E-state index contributed by atoms with van der Waals surface area (Å²) in [7, 11) is 0. The van der Waals surface area contributed by atoms with Gasteiger partial charge in [0.2, 0.25) is 0 Å². The number of hydrogen-bond donors (Lipinski definition) is 3.